The first-order valence-corrected chi connectivity index (χ1v) is 8.47. The fourth-order valence-electron chi connectivity index (χ4n) is 2.64. The van der Waals surface area contributed by atoms with Crippen LogP contribution in [0.5, 0.6) is 0 Å². The second-order valence-corrected chi connectivity index (χ2v) is 8.14. The fourth-order valence-corrected chi connectivity index (χ4v) is 4.44. The van der Waals surface area contributed by atoms with Gasteiger partial charge in [0.25, 0.3) is 0 Å². The van der Waals surface area contributed by atoms with Crippen LogP contribution in [-0.2, 0) is 25.4 Å². The summed E-state index contributed by atoms with van der Waals surface area (Å²) in [6.07, 6.45) is 0.0398. The molecule has 0 radical (unpaired) electrons. The van der Waals surface area contributed by atoms with Crippen molar-refractivity contribution in [3.63, 3.8) is 0 Å². The Morgan fingerprint density at radius 1 is 1.05 bits per heavy atom. The minimum Gasteiger partial charge on any atom is -0.616 e. The molecule has 4 unspecified atom stereocenters. The molecule has 0 amide bonds. The highest BCUT2D eigenvalue weighted by Crippen LogP contribution is 2.35. The molecule has 0 aromatic rings. The number of ether oxygens (including phenoxy) is 3. The molecular weight excluding hydrogens is 264 g/mol. The van der Waals surface area contributed by atoms with Crippen LogP contribution in [-0.4, -0.2) is 52.7 Å². The summed E-state index contributed by atoms with van der Waals surface area (Å²) in [5.41, 5.74) is 0. The van der Waals surface area contributed by atoms with Crippen molar-refractivity contribution < 1.29 is 18.8 Å². The Hall–Kier alpha value is 0.190. The molecule has 0 spiro atoms. The molecule has 6 atom stereocenters. The van der Waals surface area contributed by atoms with E-state index in [1.807, 2.05) is 20.8 Å². The van der Waals surface area contributed by atoms with Gasteiger partial charge < -0.3 is 18.8 Å². The van der Waals surface area contributed by atoms with Crippen molar-refractivity contribution >= 4 is 11.2 Å². The van der Waals surface area contributed by atoms with Crippen LogP contribution in [0.4, 0.5) is 0 Å². The van der Waals surface area contributed by atoms with E-state index in [-0.39, 0.29) is 34.9 Å². The zero-order valence-electron chi connectivity index (χ0n) is 12.5. The Balaban J connectivity index is 1.97. The third-order valence-corrected chi connectivity index (χ3v) is 6.29. The van der Waals surface area contributed by atoms with Gasteiger partial charge in [-0.05, 0) is 31.9 Å². The van der Waals surface area contributed by atoms with Gasteiger partial charge in [-0.2, -0.15) is 0 Å². The lowest BCUT2D eigenvalue weighted by Crippen LogP contribution is -2.42. The van der Waals surface area contributed by atoms with Gasteiger partial charge in [-0.15, -0.1) is 0 Å². The smallest absolute Gasteiger partial charge is 0.167 e. The summed E-state index contributed by atoms with van der Waals surface area (Å²) in [5.74, 6) is 0.406. The summed E-state index contributed by atoms with van der Waals surface area (Å²) >= 11 is -0.914. The topological polar surface area (TPSA) is 50.8 Å². The van der Waals surface area contributed by atoms with Crippen molar-refractivity contribution in [2.75, 3.05) is 13.2 Å². The molecule has 2 saturated heterocycles. The van der Waals surface area contributed by atoms with Gasteiger partial charge in [0.05, 0.1) is 19.3 Å². The molecule has 19 heavy (non-hydrogen) atoms. The van der Waals surface area contributed by atoms with Crippen LogP contribution < -0.4 is 0 Å². The molecule has 2 aliphatic rings. The van der Waals surface area contributed by atoms with Crippen molar-refractivity contribution in [2.45, 2.75) is 69.5 Å². The van der Waals surface area contributed by atoms with Crippen LogP contribution in [0.1, 0.15) is 34.6 Å². The SMILES string of the molecule is CC(C)OC1CO[C@@H]2C([S+]([O-])C(C)C(C)C)CO[C@H]12. The van der Waals surface area contributed by atoms with Gasteiger partial charge in [-0.3, -0.25) is 0 Å². The zero-order valence-corrected chi connectivity index (χ0v) is 13.3. The molecule has 0 aromatic carbocycles. The number of fused-ring (bicyclic) bond motifs is 1. The summed E-state index contributed by atoms with van der Waals surface area (Å²) in [4.78, 5) is 0. The van der Waals surface area contributed by atoms with Crippen LogP contribution >= 0.6 is 0 Å². The molecule has 2 aliphatic heterocycles. The first kappa shape index (κ1) is 15.6. The quantitative estimate of drug-likeness (QED) is 0.724. The normalized spacial score (nSPS) is 37.9. The van der Waals surface area contributed by atoms with Crippen LogP contribution in [0.3, 0.4) is 0 Å². The zero-order chi connectivity index (χ0) is 14.2. The molecule has 5 heteroatoms. The molecule has 2 rings (SSSR count). The van der Waals surface area contributed by atoms with Crippen LogP contribution in [0.15, 0.2) is 0 Å². The first-order valence-electron chi connectivity index (χ1n) is 7.19. The Morgan fingerprint density at radius 3 is 2.26 bits per heavy atom. The van der Waals surface area contributed by atoms with Crippen LogP contribution in [0.25, 0.3) is 0 Å². The summed E-state index contributed by atoms with van der Waals surface area (Å²) in [6, 6.07) is 0. The van der Waals surface area contributed by atoms with Gasteiger partial charge in [0.2, 0.25) is 0 Å². The highest BCUT2D eigenvalue weighted by molar-refractivity contribution is 7.92. The molecule has 0 bridgehead atoms. The Morgan fingerprint density at radius 2 is 1.68 bits per heavy atom. The third kappa shape index (κ3) is 3.27. The number of hydrogen-bond donors (Lipinski definition) is 0. The van der Waals surface area contributed by atoms with Gasteiger partial charge in [-0.25, -0.2) is 0 Å². The largest absolute Gasteiger partial charge is 0.616 e. The maximum absolute atomic E-state index is 12.6. The monoisotopic (exact) mass is 290 g/mol. The maximum atomic E-state index is 12.6. The number of rotatable bonds is 5. The minimum absolute atomic E-state index is 0.0110. The molecule has 0 saturated carbocycles. The van der Waals surface area contributed by atoms with Crippen molar-refractivity contribution in [3.05, 3.63) is 0 Å². The van der Waals surface area contributed by atoms with Crippen molar-refractivity contribution in [2.24, 2.45) is 5.92 Å². The van der Waals surface area contributed by atoms with E-state index in [2.05, 4.69) is 13.8 Å². The van der Waals surface area contributed by atoms with Gasteiger partial charge >= 0.3 is 0 Å². The average Bonchev–Trinajstić information content (AvgIpc) is 2.89. The summed E-state index contributed by atoms with van der Waals surface area (Å²) in [5, 5.41) is 0.157. The van der Waals surface area contributed by atoms with E-state index in [1.54, 1.807) is 0 Å². The molecular formula is C14H26O4S. The number of hydrogen-bond acceptors (Lipinski definition) is 4. The van der Waals surface area contributed by atoms with E-state index >= 15 is 0 Å². The molecule has 2 heterocycles. The summed E-state index contributed by atoms with van der Waals surface area (Å²) in [6.45, 7) is 11.4. The highest BCUT2D eigenvalue weighted by atomic mass is 32.2. The fraction of sp³-hybridized carbons (Fsp3) is 1.00. The van der Waals surface area contributed by atoms with Crippen molar-refractivity contribution in [1.29, 1.82) is 0 Å². The Kier molecular flexibility index (Phi) is 5.17. The molecule has 0 aromatic heterocycles. The lowest BCUT2D eigenvalue weighted by Gasteiger charge is -2.27. The predicted octanol–water partition coefficient (Wildman–Crippen LogP) is 1.74. The molecule has 0 aliphatic carbocycles. The van der Waals surface area contributed by atoms with Crippen LogP contribution in [0, 0.1) is 5.92 Å². The van der Waals surface area contributed by atoms with Crippen LogP contribution in [0.2, 0.25) is 0 Å². The lowest BCUT2D eigenvalue weighted by molar-refractivity contribution is -0.0568. The van der Waals surface area contributed by atoms with E-state index in [0.717, 1.165) is 0 Å². The van der Waals surface area contributed by atoms with E-state index in [4.69, 9.17) is 14.2 Å². The van der Waals surface area contributed by atoms with E-state index in [0.29, 0.717) is 19.1 Å². The highest BCUT2D eigenvalue weighted by Gasteiger charge is 2.54. The second-order valence-electron chi connectivity index (χ2n) is 6.14. The average molecular weight is 290 g/mol. The first-order chi connectivity index (χ1) is 8.91. The van der Waals surface area contributed by atoms with E-state index < -0.39 is 11.2 Å². The van der Waals surface area contributed by atoms with Gasteiger partial charge in [0, 0.05) is 5.92 Å². The molecule has 2 fully saturated rings. The third-order valence-electron chi connectivity index (χ3n) is 4.01. The van der Waals surface area contributed by atoms with E-state index in [9.17, 15) is 4.55 Å². The maximum Gasteiger partial charge on any atom is 0.167 e. The van der Waals surface area contributed by atoms with Gasteiger partial charge in [-0.1, -0.05) is 13.8 Å². The second kappa shape index (κ2) is 6.31. The summed E-state index contributed by atoms with van der Waals surface area (Å²) in [7, 11) is 0. The standard InChI is InChI=1S/C14H26O4S/c1-8(2)10(5)19(15)12-7-17-13-11(18-9(3)4)6-16-14(12)13/h8-14H,6-7H2,1-5H3/t10?,11?,12?,13-,14-,19?/m1/s1. The molecule has 4 nitrogen and oxygen atoms in total. The predicted molar refractivity (Wildman–Crippen MR) is 75.7 cm³/mol. The molecule has 112 valence electrons. The Labute approximate surface area is 119 Å². The summed E-state index contributed by atoms with van der Waals surface area (Å²) < 4.78 is 30.0. The lowest BCUT2D eigenvalue weighted by atomic mass is 10.1. The minimum atomic E-state index is -0.914. The van der Waals surface area contributed by atoms with Gasteiger partial charge in [0.1, 0.15) is 23.6 Å². The molecule has 0 N–H and O–H groups in total. The van der Waals surface area contributed by atoms with Crippen molar-refractivity contribution in [3.8, 4) is 0 Å². The van der Waals surface area contributed by atoms with E-state index in [1.165, 1.54) is 0 Å². The van der Waals surface area contributed by atoms with Gasteiger partial charge in [0.15, 0.2) is 5.25 Å². The Bertz CT molecular complexity index is 297. The van der Waals surface area contributed by atoms with Crippen molar-refractivity contribution in [1.82, 2.24) is 0 Å².